The van der Waals surface area contributed by atoms with Gasteiger partial charge in [-0.3, -0.25) is 0 Å². The Bertz CT molecular complexity index is 419. The second-order valence-electron chi connectivity index (χ2n) is 4.18. The lowest BCUT2D eigenvalue weighted by Crippen LogP contribution is -2.16. The monoisotopic (exact) mass is 280 g/mol. The van der Waals surface area contributed by atoms with E-state index in [2.05, 4.69) is 10.3 Å². The minimum atomic E-state index is -4.44. The van der Waals surface area contributed by atoms with Crippen LogP contribution in [0.25, 0.3) is 0 Å². The molecule has 1 aliphatic rings. The molecule has 3 nitrogen and oxygen atoms in total. The summed E-state index contributed by atoms with van der Waals surface area (Å²) in [6.45, 7) is 2.19. The molecule has 2 heterocycles. The molecule has 0 aromatic carbocycles. The van der Waals surface area contributed by atoms with E-state index >= 15 is 0 Å². The summed E-state index contributed by atoms with van der Waals surface area (Å²) in [7, 11) is 0. The first-order valence-corrected chi connectivity index (χ1v) is 5.91. The summed E-state index contributed by atoms with van der Waals surface area (Å²) in [5.41, 5.74) is -0.873. The fourth-order valence-electron chi connectivity index (χ4n) is 1.74. The van der Waals surface area contributed by atoms with Crippen LogP contribution >= 0.6 is 11.6 Å². The lowest BCUT2D eigenvalue weighted by Gasteiger charge is -2.12. The Balaban J connectivity index is 2.01. The predicted molar refractivity (Wildman–Crippen MR) is 60.7 cm³/mol. The summed E-state index contributed by atoms with van der Waals surface area (Å²) in [6.07, 6.45) is -2.73. The molecule has 0 saturated carbocycles. The predicted octanol–water partition coefficient (Wildman–Crippen LogP) is 2.74. The standard InChI is InChI=1S/C11H12ClF3N2O/c12-9-3-8(11(13,14)15)5-17-10(9)18-6-7-1-2-16-4-7/h3,5,7,16H,1-2,4,6H2/t7-/m1/s1. The SMILES string of the molecule is FC(F)(F)c1cnc(OC[C@@H]2CCNC2)c(Cl)c1. The molecule has 0 spiro atoms. The molecule has 0 radical (unpaired) electrons. The van der Waals surface area contributed by atoms with Crippen LogP contribution in [-0.2, 0) is 6.18 Å². The van der Waals surface area contributed by atoms with Crippen molar-refractivity contribution in [1.82, 2.24) is 10.3 Å². The summed E-state index contributed by atoms with van der Waals surface area (Å²) < 4.78 is 42.5. The quantitative estimate of drug-likeness (QED) is 0.924. The maximum absolute atomic E-state index is 12.4. The molecule has 2 rings (SSSR count). The molecule has 1 fully saturated rings. The molecule has 0 aliphatic carbocycles. The van der Waals surface area contributed by atoms with Crippen molar-refractivity contribution in [1.29, 1.82) is 0 Å². The van der Waals surface area contributed by atoms with Gasteiger partial charge >= 0.3 is 6.18 Å². The van der Waals surface area contributed by atoms with Crippen molar-refractivity contribution in [3.8, 4) is 5.88 Å². The molecule has 1 aliphatic heterocycles. The smallest absolute Gasteiger partial charge is 0.417 e. The van der Waals surface area contributed by atoms with Crippen LogP contribution in [0.5, 0.6) is 5.88 Å². The number of hydrogen-bond donors (Lipinski definition) is 1. The van der Waals surface area contributed by atoms with Crippen molar-refractivity contribution in [2.75, 3.05) is 19.7 Å². The van der Waals surface area contributed by atoms with Crippen molar-refractivity contribution in [2.45, 2.75) is 12.6 Å². The van der Waals surface area contributed by atoms with Crippen LogP contribution in [-0.4, -0.2) is 24.7 Å². The number of halogens is 4. The molecule has 1 saturated heterocycles. The van der Waals surface area contributed by atoms with Crippen LogP contribution in [0.1, 0.15) is 12.0 Å². The Labute approximate surface area is 107 Å². The third-order valence-corrected chi connectivity index (χ3v) is 3.02. The van der Waals surface area contributed by atoms with Gasteiger partial charge in [0.25, 0.3) is 0 Å². The average Bonchev–Trinajstić information content (AvgIpc) is 2.79. The number of aromatic nitrogens is 1. The number of hydrogen-bond acceptors (Lipinski definition) is 3. The van der Waals surface area contributed by atoms with Gasteiger partial charge in [0, 0.05) is 18.7 Å². The highest BCUT2D eigenvalue weighted by Crippen LogP contribution is 2.33. The van der Waals surface area contributed by atoms with Crippen LogP contribution in [0.15, 0.2) is 12.3 Å². The maximum atomic E-state index is 12.4. The molecule has 1 atom stereocenters. The molecular formula is C11H12ClF3N2O. The molecule has 0 amide bonds. The van der Waals surface area contributed by atoms with Gasteiger partial charge in [0.2, 0.25) is 5.88 Å². The first kappa shape index (κ1) is 13.4. The van der Waals surface area contributed by atoms with Gasteiger partial charge in [0.1, 0.15) is 5.02 Å². The minimum absolute atomic E-state index is 0.0524. The highest BCUT2D eigenvalue weighted by atomic mass is 35.5. The summed E-state index contributed by atoms with van der Waals surface area (Å²) >= 11 is 5.72. The second-order valence-corrected chi connectivity index (χ2v) is 4.59. The Morgan fingerprint density at radius 1 is 1.50 bits per heavy atom. The topological polar surface area (TPSA) is 34.1 Å². The lowest BCUT2D eigenvalue weighted by atomic mass is 10.1. The first-order valence-electron chi connectivity index (χ1n) is 5.53. The average molecular weight is 281 g/mol. The van der Waals surface area contributed by atoms with Gasteiger partial charge < -0.3 is 10.1 Å². The zero-order valence-electron chi connectivity index (χ0n) is 9.43. The van der Waals surface area contributed by atoms with Gasteiger partial charge in [-0.2, -0.15) is 13.2 Å². The lowest BCUT2D eigenvalue weighted by molar-refractivity contribution is -0.137. The minimum Gasteiger partial charge on any atom is -0.476 e. The van der Waals surface area contributed by atoms with Crippen LogP contribution in [0.4, 0.5) is 13.2 Å². The fourth-order valence-corrected chi connectivity index (χ4v) is 1.96. The van der Waals surface area contributed by atoms with Gasteiger partial charge in [-0.05, 0) is 19.0 Å². The van der Waals surface area contributed by atoms with E-state index < -0.39 is 11.7 Å². The third kappa shape index (κ3) is 3.26. The zero-order valence-corrected chi connectivity index (χ0v) is 10.2. The first-order chi connectivity index (χ1) is 8.47. The van der Waals surface area contributed by atoms with Gasteiger partial charge in [0.15, 0.2) is 0 Å². The van der Waals surface area contributed by atoms with Crippen LogP contribution in [0.2, 0.25) is 5.02 Å². The van der Waals surface area contributed by atoms with E-state index in [1.165, 1.54) is 0 Å². The van der Waals surface area contributed by atoms with Crippen LogP contribution in [0.3, 0.4) is 0 Å². The Hall–Kier alpha value is -1.01. The molecular weight excluding hydrogens is 269 g/mol. The number of ether oxygens (including phenoxy) is 1. The van der Waals surface area contributed by atoms with E-state index in [0.717, 1.165) is 31.8 Å². The summed E-state index contributed by atoms with van der Waals surface area (Å²) in [4.78, 5) is 3.61. The van der Waals surface area contributed by atoms with Crippen LogP contribution in [0, 0.1) is 5.92 Å². The van der Waals surface area contributed by atoms with Crippen molar-refractivity contribution in [3.63, 3.8) is 0 Å². The van der Waals surface area contributed by atoms with E-state index in [1.54, 1.807) is 0 Å². The molecule has 0 bridgehead atoms. The number of nitrogens with one attached hydrogen (secondary N) is 1. The van der Waals surface area contributed by atoms with Gasteiger partial charge in [-0.15, -0.1) is 0 Å². The number of rotatable bonds is 3. The fraction of sp³-hybridized carbons (Fsp3) is 0.545. The normalized spacial score (nSPS) is 20.1. The highest BCUT2D eigenvalue weighted by Gasteiger charge is 2.31. The summed E-state index contributed by atoms with van der Waals surface area (Å²) in [6, 6.07) is 0.830. The molecule has 0 unspecified atom stereocenters. The summed E-state index contributed by atoms with van der Waals surface area (Å²) in [5, 5.41) is 3.06. The van der Waals surface area contributed by atoms with Crippen molar-refractivity contribution >= 4 is 11.6 Å². The van der Waals surface area contributed by atoms with Gasteiger partial charge in [-0.1, -0.05) is 11.6 Å². The number of nitrogens with zero attached hydrogens (tertiary/aromatic N) is 1. The second kappa shape index (κ2) is 5.32. The molecule has 18 heavy (non-hydrogen) atoms. The molecule has 1 aromatic heterocycles. The van der Waals surface area contributed by atoms with Gasteiger partial charge in [-0.25, -0.2) is 4.98 Å². The van der Waals surface area contributed by atoms with E-state index in [-0.39, 0.29) is 10.9 Å². The Kier molecular flexibility index (Phi) is 3.97. The maximum Gasteiger partial charge on any atom is 0.417 e. The Morgan fingerprint density at radius 3 is 2.83 bits per heavy atom. The third-order valence-electron chi connectivity index (χ3n) is 2.75. The highest BCUT2D eigenvalue weighted by molar-refractivity contribution is 6.31. The summed E-state index contributed by atoms with van der Waals surface area (Å²) in [5.74, 6) is 0.404. The Morgan fingerprint density at radius 2 is 2.28 bits per heavy atom. The van der Waals surface area contributed by atoms with Crippen LogP contribution < -0.4 is 10.1 Å². The largest absolute Gasteiger partial charge is 0.476 e. The van der Waals surface area contributed by atoms with E-state index in [9.17, 15) is 13.2 Å². The molecule has 1 N–H and O–H groups in total. The number of pyridine rings is 1. The van der Waals surface area contributed by atoms with Gasteiger partial charge in [0.05, 0.1) is 12.2 Å². The molecule has 100 valence electrons. The molecule has 1 aromatic rings. The zero-order chi connectivity index (χ0) is 13.2. The van der Waals surface area contributed by atoms with Crippen molar-refractivity contribution < 1.29 is 17.9 Å². The van der Waals surface area contributed by atoms with Crippen molar-refractivity contribution in [2.24, 2.45) is 5.92 Å². The van der Waals surface area contributed by atoms with Crippen molar-refractivity contribution in [3.05, 3.63) is 22.8 Å². The number of alkyl halides is 3. The van der Waals surface area contributed by atoms with E-state index in [4.69, 9.17) is 16.3 Å². The van der Waals surface area contributed by atoms with E-state index in [1.807, 2.05) is 0 Å². The molecule has 7 heteroatoms. The van der Waals surface area contributed by atoms with E-state index in [0.29, 0.717) is 12.5 Å².